The highest BCUT2D eigenvalue weighted by molar-refractivity contribution is 5.78. The van der Waals surface area contributed by atoms with Gasteiger partial charge in [0.2, 0.25) is 0 Å². The summed E-state index contributed by atoms with van der Waals surface area (Å²) in [5, 5.41) is 8.85. The van der Waals surface area contributed by atoms with Gasteiger partial charge in [-0.3, -0.25) is 4.79 Å². The Morgan fingerprint density at radius 2 is 2.24 bits per heavy atom. The molecule has 0 fully saturated rings. The minimum Gasteiger partial charge on any atom is -0.494 e. The summed E-state index contributed by atoms with van der Waals surface area (Å²) in [5.41, 5.74) is 0.733. The highest BCUT2D eigenvalue weighted by Crippen LogP contribution is 2.20. The number of carbonyl (C=O) groups is 1. The van der Waals surface area contributed by atoms with E-state index in [4.69, 9.17) is 9.84 Å². The molecule has 1 aromatic rings. The Morgan fingerprint density at radius 3 is 2.71 bits per heavy atom. The van der Waals surface area contributed by atoms with E-state index in [0.29, 0.717) is 12.8 Å². The average molecular weight is 240 g/mol. The van der Waals surface area contributed by atoms with Gasteiger partial charge in [-0.25, -0.2) is 4.39 Å². The SMILES string of the molecule is COc1ccc(CC(CCO)C(C)=O)cc1F. The zero-order valence-electron chi connectivity index (χ0n) is 10.1. The maximum absolute atomic E-state index is 13.4. The van der Waals surface area contributed by atoms with Crippen LogP contribution in [0, 0.1) is 11.7 Å². The van der Waals surface area contributed by atoms with Crippen LogP contribution in [0.2, 0.25) is 0 Å². The molecule has 0 heterocycles. The van der Waals surface area contributed by atoms with Gasteiger partial charge in [0.15, 0.2) is 11.6 Å². The fourth-order valence-electron chi connectivity index (χ4n) is 1.73. The van der Waals surface area contributed by atoms with Crippen LogP contribution in [0.25, 0.3) is 0 Å². The lowest BCUT2D eigenvalue weighted by Gasteiger charge is -2.12. The minimum absolute atomic E-state index is 0.00952. The first-order valence-corrected chi connectivity index (χ1v) is 5.52. The summed E-state index contributed by atoms with van der Waals surface area (Å²) in [7, 11) is 1.40. The van der Waals surface area contributed by atoms with Gasteiger partial charge in [0.25, 0.3) is 0 Å². The zero-order chi connectivity index (χ0) is 12.8. The number of aliphatic hydroxyl groups excluding tert-OH is 1. The summed E-state index contributed by atoms with van der Waals surface area (Å²) in [6, 6.07) is 4.64. The standard InChI is InChI=1S/C13H17FO3/c1-9(16)11(5-6-15)7-10-3-4-13(17-2)12(14)8-10/h3-4,8,11,15H,5-7H2,1-2H3. The van der Waals surface area contributed by atoms with E-state index in [9.17, 15) is 9.18 Å². The van der Waals surface area contributed by atoms with Crippen LogP contribution in [-0.2, 0) is 11.2 Å². The summed E-state index contributed by atoms with van der Waals surface area (Å²) < 4.78 is 18.2. The van der Waals surface area contributed by atoms with Crippen LogP contribution in [0.3, 0.4) is 0 Å². The van der Waals surface area contributed by atoms with Crippen molar-refractivity contribution in [3.63, 3.8) is 0 Å². The first-order chi connectivity index (χ1) is 8.08. The van der Waals surface area contributed by atoms with Gasteiger partial charge in [0.05, 0.1) is 7.11 Å². The van der Waals surface area contributed by atoms with Crippen LogP contribution < -0.4 is 4.74 Å². The molecular formula is C13H17FO3. The smallest absolute Gasteiger partial charge is 0.165 e. The van der Waals surface area contributed by atoms with E-state index >= 15 is 0 Å². The van der Waals surface area contributed by atoms with Crippen molar-refractivity contribution in [3.8, 4) is 5.75 Å². The van der Waals surface area contributed by atoms with Crippen molar-refractivity contribution in [1.29, 1.82) is 0 Å². The molecule has 1 aromatic carbocycles. The third-order valence-electron chi connectivity index (χ3n) is 2.75. The van der Waals surface area contributed by atoms with E-state index in [1.165, 1.54) is 20.1 Å². The maximum atomic E-state index is 13.4. The summed E-state index contributed by atoms with van der Waals surface area (Å²) in [4.78, 5) is 11.3. The van der Waals surface area contributed by atoms with Crippen molar-refractivity contribution in [2.75, 3.05) is 13.7 Å². The monoisotopic (exact) mass is 240 g/mol. The van der Waals surface area contributed by atoms with Gasteiger partial charge < -0.3 is 9.84 Å². The van der Waals surface area contributed by atoms with E-state index in [-0.39, 0.29) is 24.1 Å². The zero-order valence-corrected chi connectivity index (χ0v) is 10.1. The largest absolute Gasteiger partial charge is 0.494 e. The summed E-state index contributed by atoms with van der Waals surface area (Å²) in [6.07, 6.45) is 0.847. The number of carbonyl (C=O) groups excluding carboxylic acids is 1. The van der Waals surface area contributed by atoms with Gasteiger partial charge in [0.1, 0.15) is 5.78 Å². The molecular weight excluding hydrogens is 223 g/mol. The third kappa shape index (κ3) is 3.82. The molecule has 1 atom stereocenters. The molecule has 0 spiro atoms. The van der Waals surface area contributed by atoms with Crippen molar-refractivity contribution in [2.24, 2.45) is 5.92 Å². The molecule has 1 rings (SSSR count). The molecule has 1 N–H and O–H groups in total. The molecule has 0 saturated heterocycles. The summed E-state index contributed by atoms with van der Waals surface area (Å²) in [5.74, 6) is -0.491. The summed E-state index contributed by atoms with van der Waals surface area (Å²) >= 11 is 0. The molecule has 4 heteroatoms. The maximum Gasteiger partial charge on any atom is 0.165 e. The Kier molecular flexibility index (Phi) is 5.10. The molecule has 0 amide bonds. The van der Waals surface area contributed by atoms with Crippen molar-refractivity contribution < 1.29 is 19.0 Å². The van der Waals surface area contributed by atoms with Gasteiger partial charge in [-0.15, -0.1) is 0 Å². The Labute approximate surface area is 100 Å². The Bertz CT molecular complexity index is 390. The quantitative estimate of drug-likeness (QED) is 0.826. The highest BCUT2D eigenvalue weighted by atomic mass is 19.1. The fraction of sp³-hybridized carbons (Fsp3) is 0.462. The van der Waals surface area contributed by atoms with Crippen molar-refractivity contribution in [2.45, 2.75) is 19.8 Å². The van der Waals surface area contributed by atoms with Gasteiger partial charge in [0, 0.05) is 12.5 Å². The number of ketones is 1. The minimum atomic E-state index is -0.434. The number of rotatable bonds is 6. The molecule has 3 nitrogen and oxygen atoms in total. The highest BCUT2D eigenvalue weighted by Gasteiger charge is 2.15. The molecule has 94 valence electrons. The van der Waals surface area contributed by atoms with Gasteiger partial charge in [-0.2, -0.15) is 0 Å². The number of methoxy groups -OCH3 is 1. The van der Waals surface area contributed by atoms with Crippen LogP contribution >= 0.6 is 0 Å². The van der Waals surface area contributed by atoms with Crippen molar-refractivity contribution in [3.05, 3.63) is 29.6 Å². The molecule has 0 aliphatic carbocycles. The number of ether oxygens (including phenoxy) is 1. The number of benzene rings is 1. The van der Waals surface area contributed by atoms with Crippen LogP contribution in [0.1, 0.15) is 18.9 Å². The molecule has 0 aliphatic heterocycles. The molecule has 0 saturated carbocycles. The normalized spacial score (nSPS) is 12.2. The Morgan fingerprint density at radius 1 is 1.53 bits per heavy atom. The lowest BCUT2D eigenvalue weighted by atomic mass is 9.93. The van der Waals surface area contributed by atoms with E-state index in [2.05, 4.69) is 0 Å². The third-order valence-corrected chi connectivity index (χ3v) is 2.75. The van der Waals surface area contributed by atoms with Crippen molar-refractivity contribution >= 4 is 5.78 Å². The first kappa shape index (κ1) is 13.6. The predicted octanol–water partition coefficient (Wildman–Crippen LogP) is 1.96. The van der Waals surface area contributed by atoms with E-state index in [0.717, 1.165) is 5.56 Å². The van der Waals surface area contributed by atoms with Crippen LogP contribution in [0.15, 0.2) is 18.2 Å². The van der Waals surface area contributed by atoms with E-state index in [1.807, 2.05) is 0 Å². The number of hydrogen-bond donors (Lipinski definition) is 1. The molecule has 0 aromatic heterocycles. The van der Waals surface area contributed by atoms with E-state index in [1.54, 1.807) is 12.1 Å². The molecule has 0 aliphatic rings. The fourth-order valence-corrected chi connectivity index (χ4v) is 1.73. The average Bonchev–Trinajstić information content (AvgIpc) is 2.28. The van der Waals surface area contributed by atoms with Gasteiger partial charge >= 0.3 is 0 Å². The topological polar surface area (TPSA) is 46.5 Å². The second-order valence-corrected chi connectivity index (χ2v) is 3.99. The lowest BCUT2D eigenvalue weighted by molar-refractivity contribution is -0.121. The van der Waals surface area contributed by atoms with Crippen LogP contribution in [0.4, 0.5) is 4.39 Å². The molecule has 0 bridgehead atoms. The van der Waals surface area contributed by atoms with Crippen LogP contribution in [-0.4, -0.2) is 24.6 Å². The number of Topliss-reactive ketones (excluding diaryl/α,β-unsaturated/α-hetero) is 1. The van der Waals surface area contributed by atoms with Crippen molar-refractivity contribution in [1.82, 2.24) is 0 Å². The number of hydrogen-bond acceptors (Lipinski definition) is 3. The Hall–Kier alpha value is -1.42. The lowest BCUT2D eigenvalue weighted by Crippen LogP contribution is -2.15. The van der Waals surface area contributed by atoms with Gasteiger partial charge in [-0.1, -0.05) is 6.07 Å². The number of aliphatic hydroxyl groups is 1. The van der Waals surface area contributed by atoms with Crippen LogP contribution in [0.5, 0.6) is 5.75 Å². The Balaban J connectivity index is 2.79. The molecule has 17 heavy (non-hydrogen) atoms. The second kappa shape index (κ2) is 6.35. The summed E-state index contributed by atoms with van der Waals surface area (Å²) in [6.45, 7) is 1.45. The first-order valence-electron chi connectivity index (χ1n) is 5.52. The molecule has 0 radical (unpaired) electrons. The number of halogens is 1. The molecule has 1 unspecified atom stereocenters. The second-order valence-electron chi connectivity index (χ2n) is 3.99. The predicted molar refractivity (Wildman–Crippen MR) is 62.5 cm³/mol. The van der Waals surface area contributed by atoms with Gasteiger partial charge in [-0.05, 0) is 37.5 Å². The van der Waals surface area contributed by atoms with E-state index < -0.39 is 5.82 Å².